The van der Waals surface area contributed by atoms with E-state index in [2.05, 4.69) is 0 Å². The lowest BCUT2D eigenvalue weighted by Crippen LogP contribution is -2.67. The molecule has 0 aromatic rings. The highest BCUT2D eigenvalue weighted by molar-refractivity contribution is 6.47. The third-order valence-corrected chi connectivity index (χ3v) is 1.04. The molecule has 46 valence electrons. The Morgan fingerprint density at radius 2 is 2.00 bits per heavy atom. The van der Waals surface area contributed by atoms with Crippen molar-refractivity contribution < 1.29 is 5.16 Å². The fraction of sp³-hybridized carbons (Fsp3) is 0. The second kappa shape index (κ2) is 2.26. The summed E-state index contributed by atoms with van der Waals surface area (Å²) in [5, 5.41) is 18.7. The minimum atomic E-state index is 0.229. The molecule has 2 N–H and O–H groups in total. The van der Waals surface area contributed by atoms with E-state index in [1.807, 2.05) is 0 Å². The predicted octanol–water partition coefficient (Wildman–Crippen LogP) is -0.848. The minimum Gasteiger partial charge on any atom is -0.625 e. The number of nitrogens with one attached hydrogen (secondary N) is 2. The second-order valence-electron chi connectivity index (χ2n) is 1.65. The van der Waals surface area contributed by atoms with Crippen LogP contribution in [0, 0.1) is 10.6 Å². The molecule has 0 unspecified atom stereocenters. The molecule has 0 radical (unpaired) electrons. The van der Waals surface area contributed by atoms with Crippen LogP contribution in [0.4, 0.5) is 0 Å². The second-order valence-corrected chi connectivity index (χ2v) is 1.65. The summed E-state index contributed by atoms with van der Waals surface area (Å²) in [7, 11) is 0. The molecule has 0 amide bonds. The quantitative estimate of drug-likeness (QED) is 0.245. The molecule has 0 saturated carbocycles. The van der Waals surface area contributed by atoms with E-state index in [0.717, 1.165) is 0 Å². The van der Waals surface area contributed by atoms with Crippen molar-refractivity contribution in [2.45, 2.75) is 0 Å². The van der Waals surface area contributed by atoms with Crippen molar-refractivity contribution in [1.29, 1.82) is 5.41 Å². The van der Waals surface area contributed by atoms with Crippen LogP contribution in [0.3, 0.4) is 0 Å². The van der Waals surface area contributed by atoms with E-state index in [9.17, 15) is 5.21 Å². The Labute approximate surface area is 52.5 Å². The highest BCUT2D eigenvalue weighted by Gasteiger charge is 2.05. The lowest BCUT2D eigenvalue weighted by molar-refractivity contribution is -0.369. The van der Waals surface area contributed by atoms with E-state index < -0.39 is 0 Å². The first-order valence-electron chi connectivity index (χ1n) is 2.53. The van der Waals surface area contributed by atoms with Crippen LogP contribution in [0.15, 0.2) is 24.3 Å². The Morgan fingerprint density at radius 3 is 2.44 bits per heavy atom. The van der Waals surface area contributed by atoms with Crippen molar-refractivity contribution in [2.75, 3.05) is 0 Å². The highest BCUT2D eigenvalue weighted by atomic mass is 16.4. The molecule has 0 atom stereocenters. The number of allylic oxidation sites excluding steroid dienone is 4. The van der Waals surface area contributed by atoms with Crippen LogP contribution in [0.2, 0.25) is 0 Å². The molecule has 0 saturated heterocycles. The first-order chi connectivity index (χ1) is 4.34. The van der Waals surface area contributed by atoms with Crippen molar-refractivity contribution in [3.63, 3.8) is 0 Å². The van der Waals surface area contributed by atoms with Crippen molar-refractivity contribution in [3.05, 3.63) is 29.5 Å². The summed E-state index contributed by atoms with van der Waals surface area (Å²) in [4.78, 5) is 0. The van der Waals surface area contributed by atoms with Crippen molar-refractivity contribution >= 4 is 11.4 Å². The van der Waals surface area contributed by atoms with E-state index in [4.69, 9.17) is 5.41 Å². The number of rotatable bonds is 0. The average molecular weight is 122 g/mol. The smallest absolute Gasteiger partial charge is 0.234 e. The summed E-state index contributed by atoms with van der Waals surface area (Å²) in [6.07, 6.45) is 6.54. The molecule has 3 nitrogen and oxygen atoms in total. The minimum absolute atomic E-state index is 0.229. The maximum Gasteiger partial charge on any atom is 0.234 e. The van der Waals surface area contributed by atoms with Gasteiger partial charge in [-0.05, 0) is 6.08 Å². The van der Waals surface area contributed by atoms with Crippen LogP contribution in [0.1, 0.15) is 0 Å². The topological polar surface area (TPSA) is 60.9 Å². The van der Waals surface area contributed by atoms with E-state index in [0.29, 0.717) is 5.71 Å². The maximum absolute atomic E-state index is 9.98. The Hall–Kier alpha value is -1.38. The van der Waals surface area contributed by atoms with Crippen molar-refractivity contribution in [1.82, 2.24) is 0 Å². The average Bonchev–Trinajstić information content (AvgIpc) is 1.89. The molecule has 3 heteroatoms. The SMILES string of the molecule is N=C1C=CC=C/C1=[NH+]\[O-]. The van der Waals surface area contributed by atoms with Gasteiger partial charge in [0.15, 0.2) is 0 Å². The molecule has 9 heavy (non-hydrogen) atoms. The van der Waals surface area contributed by atoms with Gasteiger partial charge in [0.05, 0.1) is 0 Å². The zero-order valence-electron chi connectivity index (χ0n) is 4.72. The summed E-state index contributed by atoms with van der Waals surface area (Å²) < 4.78 is 0. The van der Waals surface area contributed by atoms with Crippen molar-refractivity contribution in [2.24, 2.45) is 0 Å². The zero-order valence-corrected chi connectivity index (χ0v) is 4.72. The molecule has 0 aromatic heterocycles. The van der Waals surface area contributed by atoms with Gasteiger partial charge in [-0.25, -0.2) is 5.16 Å². The number of hydrogen-bond donors (Lipinski definition) is 2. The van der Waals surface area contributed by atoms with Gasteiger partial charge in [0, 0.05) is 6.08 Å². The summed E-state index contributed by atoms with van der Waals surface area (Å²) >= 11 is 0. The molecule has 0 heterocycles. The Morgan fingerprint density at radius 1 is 1.33 bits per heavy atom. The summed E-state index contributed by atoms with van der Waals surface area (Å²) in [5.74, 6) is 0. The molecular weight excluding hydrogens is 116 g/mol. The van der Waals surface area contributed by atoms with Gasteiger partial charge in [-0.15, -0.1) is 0 Å². The largest absolute Gasteiger partial charge is 0.625 e. The molecule has 1 aliphatic carbocycles. The normalized spacial score (nSPS) is 21.3. The summed E-state index contributed by atoms with van der Waals surface area (Å²) in [6, 6.07) is 0. The Balaban J connectivity index is 2.91. The summed E-state index contributed by atoms with van der Waals surface area (Å²) in [5.41, 5.74) is 0.546. The van der Waals surface area contributed by atoms with Crippen LogP contribution >= 0.6 is 0 Å². The molecular formula is C6H6N2O. The summed E-state index contributed by atoms with van der Waals surface area (Å²) in [6.45, 7) is 0. The molecule has 0 spiro atoms. The molecule has 0 aliphatic heterocycles. The fourth-order valence-corrected chi connectivity index (χ4v) is 0.572. The van der Waals surface area contributed by atoms with E-state index in [1.54, 1.807) is 29.5 Å². The third-order valence-electron chi connectivity index (χ3n) is 1.04. The standard InChI is InChI=1S/C6H6N2O/c7-5-3-1-2-4-6(5)8-9/h1-4,7-8H/b7-5?,8-6+. The van der Waals surface area contributed by atoms with E-state index in [1.165, 1.54) is 0 Å². The monoisotopic (exact) mass is 122 g/mol. The van der Waals surface area contributed by atoms with Gasteiger partial charge in [-0.1, -0.05) is 12.2 Å². The maximum atomic E-state index is 9.98. The van der Waals surface area contributed by atoms with Gasteiger partial charge in [-0.3, -0.25) is 5.41 Å². The van der Waals surface area contributed by atoms with Gasteiger partial charge in [0.2, 0.25) is 5.71 Å². The first-order valence-corrected chi connectivity index (χ1v) is 2.53. The van der Waals surface area contributed by atoms with Crippen molar-refractivity contribution in [3.8, 4) is 0 Å². The third kappa shape index (κ3) is 1.05. The van der Waals surface area contributed by atoms with Gasteiger partial charge < -0.3 is 5.21 Å². The van der Waals surface area contributed by atoms with Gasteiger partial charge in [-0.2, -0.15) is 0 Å². The Bertz CT molecular complexity index is 213. The van der Waals surface area contributed by atoms with E-state index >= 15 is 0 Å². The van der Waals surface area contributed by atoms with Gasteiger partial charge >= 0.3 is 0 Å². The molecule has 1 aliphatic rings. The molecule has 0 bridgehead atoms. The van der Waals surface area contributed by atoms with Gasteiger partial charge in [0.1, 0.15) is 5.71 Å². The van der Waals surface area contributed by atoms with Crippen LogP contribution in [-0.2, 0) is 0 Å². The predicted molar refractivity (Wildman–Crippen MR) is 35.3 cm³/mol. The van der Waals surface area contributed by atoms with Crippen LogP contribution in [0.5, 0.6) is 0 Å². The zero-order chi connectivity index (χ0) is 6.69. The lowest BCUT2D eigenvalue weighted by Gasteiger charge is -1.95. The lowest BCUT2D eigenvalue weighted by atomic mass is 10.1. The van der Waals surface area contributed by atoms with Gasteiger partial charge in [0.25, 0.3) is 0 Å². The number of hydrogen-bond acceptors (Lipinski definition) is 2. The first kappa shape index (κ1) is 5.75. The molecule has 0 fully saturated rings. The van der Waals surface area contributed by atoms with Crippen LogP contribution in [0.25, 0.3) is 0 Å². The molecule has 0 aromatic carbocycles. The fourth-order valence-electron chi connectivity index (χ4n) is 0.572. The molecule has 1 rings (SSSR count). The van der Waals surface area contributed by atoms with Crippen LogP contribution < -0.4 is 5.16 Å². The van der Waals surface area contributed by atoms with Crippen LogP contribution in [-0.4, -0.2) is 11.4 Å². The van der Waals surface area contributed by atoms with E-state index in [-0.39, 0.29) is 5.71 Å². The highest BCUT2D eigenvalue weighted by Crippen LogP contribution is 1.89. The Kier molecular flexibility index (Phi) is 1.44.